The number of aromatic amines is 1. The number of fused-ring (bicyclic) bond motifs is 1. The van der Waals surface area contributed by atoms with Crippen LogP contribution in [0.2, 0.25) is 0 Å². The van der Waals surface area contributed by atoms with Crippen LogP contribution in [0, 0.1) is 5.41 Å². The first-order chi connectivity index (χ1) is 13.0. The van der Waals surface area contributed by atoms with Gasteiger partial charge in [0, 0.05) is 19.0 Å². The molecule has 0 aliphatic carbocycles. The molecule has 3 rings (SSSR count). The number of hydrogen-bond donors (Lipinski definition) is 4. The van der Waals surface area contributed by atoms with Crippen LogP contribution >= 0.6 is 12.2 Å². The summed E-state index contributed by atoms with van der Waals surface area (Å²) in [6, 6.07) is 7.83. The second-order valence-corrected chi connectivity index (χ2v) is 6.84. The van der Waals surface area contributed by atoms with E-state index in [2.05, 4.69) is 34.6 Å². The monoisotopic (exact) mass is 382 g/mol. The number of rotatable bonds is 5. The molecule has 3 aromatic rings. The second-order valence-electron chi connectivity index (χ2n) is 6.44. The van der Waals surface area contributed by atoms with Gasteiger partial charge in [-0.25, -0.2) is 9.67 Å². The van der Waals surface area contributed by atoms with Crippen molar-refractivity contribution >= 4 is 40.3 Å². The predicted molar refractivity (Wildman–Crippen MR) is 114 cm³/mol. The molecule has 2 heterocycles. The average Bonchev–Trinajstić information content (AvgIpc) is 2.98. The van der Waals surface area contributed by atoms with Crippen molar-refractivity contribution in [2.45, 2.75) is 26.7 Å². The molecule has 0 saturated heterocycles. The second kappa shape index (κ2) is 7.71. The van der Waals surface area contributed by atoms with Crippen molar-refractivity contribution in [2.75, 3.05) is 11.9 Å². The Kier molecular flexibility index (Phi) is 5.36. The van der Waals surface area contributed by atoms with Crippen molar-refractivity contribution in [2.24, 2.45) is 0 Å². The van der Waals surface area contributed by atoms with E-state index in [1.54, 1.807) is 0 Å². The Hall–Kier alpha value is -3.00. The summed E-state index contributed by atoms with van der Waals surface area (Å²) in [5.41, 5.74) is 2.74. The van der Waals surface area contributed by atoms with Crippen LogP contribution in [-0.2, 0) is 0 Å². The number of thiocarbonyl (C=S) groups is 1. The first-order valence-corrected chi connectivity index (χ1v) is 9.16. The molecule has 2 aromatic heterocycles. The molecule has 0 aliphatic heterocycles. The van der Waals surface area contributed by atoms with Crippen molar-refractivity contribution in [1.29, 1.82) is 5.41 Å². The van der Waals surface area contributed by atoms with Crippen molar-refractivity contribution < 1.29 is 0 Å². The molecule has 0 spiro atoms. The van der Waals surface area contributed by atoms with Gasteiger partial charge in [0.25, 0.3) is 5.56 Å². The van der Waals surface area contributed by atoms with Gasteiger partial charge >= 0.3 is 0 Å². The Morgan fingerprint density at radius 2 is 2.07 bits per heavy atom. The maximum Gasteiger partial charge on any atom is 0.280 e. The predicted octanol–water partition coefficient (Wildman–Crippen LogP) is 3.14. The Morgan fingerprint density at radius 3 is 2.67 bits per heavy atom. The number of nitrogens with one attached hydrogen (secondary N) is 4. The molecule has 8 heteroatoms. The summed E-state index contributed by atoms with van der Waals surface area (Å²) in [5, 5.41) is 17.7. The number of anilines is 1. The summed E-state index contributed by atoms with van der Waals surface area (Å²) >= 11 is 5.19. The van der Waals surface area contributed by atoms with Crippen molar-refractivity contribution in [1.82, 2.24) is 20.1 Å². The molecular formula is C19H22N6OS. The van der Waals surface area contributed by atoms with Gasteiger partial charge in [-0.2, -0.15) is 0 Å². The molecular weight excluding hydrogens is 360 g/mol. The zero-order valence-electron chi connectivity index (χ0n) is 15.5. The van der Waals surface area contributed by atoms with Crippen LogP contribution in [0.4, 0.5) is 5.82 Å². The number of nitrogens with zero attached hydrogens (tertiary/aromatic N) is 2. The van der Waals surface area contributed by atoms with Gasteiger partial charge in [-0.1, -0.05) is 26.0 Å². The highest BCUT2D eigenvalue weighted by molar-refractivity contribution is 7.80. The third-order valence-corrected chi connectivity index (χ3v) is 4.55. The standard InChI is InChI=1S/C19H22N6OS/c1-4-21-19(27)23-17-14(9-20)16-15(10-22-17)18(26)25(24-16)13-7-5-12(6-8-13)11(2)3/h5-11,20,24H,4H2,1-3H3,(H2,21,22,23,27). The smallest absolute Gasteiger partial charge is 0.280 e. The lowest BCUT2D eigenvalue weighted by atomic mass is 10.0. The minimum absolute atomic E-state index is 0.210. The van der Waals surface area contributed by atoms with E-state index in [4.69, 9.17) is 17.6 Å². The van der Waals surface area contributed by atoms with Crippen LogP contribution in [-0.4, -0.2) is 32.6 Å². The van der Waals surface area contributed by atoms with Crippen molar-refractivity contribution in [3.05, 3.63) is 51.9 Å². The average molecular weight is 382 g/mol. The molecule has 1 aromatic carbocycles. The van der Waals surface area contributed by atoms with Gasteiger partial charge in [-0.3, -0.25) is 9.89 Å². The molecule has 0 amide bonds. The number of H-pyrrole nitrogens is 1. The molecule has 0 saturated carbocycles. The van der Waals surface area contributed by atoms with Crippen LogP contribution in [0.15, 0.2) is 35.3 Å². The Morgan fingerprint density at radius 1 is 1.37 bits per heavy atom. The van der Waals surface area contributed by atoms with Crippen LogP contribution in [0.25, 0.3) is 16.6 Å². The van der Waals surface area contributed by atoms with Crippen LogP contribution in [0.1, 0.15) is 37.8 Å². The summed E-state index contributed by atoms with van der Waals surface area (Å²) in [7, 11) is 0. The highest BCUT2D eigenvalue weighted by Gasteiger charge is 2.16. The van der Waals surface area contributed by atoms with Gasteiger partial charge in [0.2, 0.25) is 0 Å². The minimum atomic E-state index is -0.210. The molecule has 0 atom stereocenters. The largest absolute Gasteiger partial charge is 0.363 e. The zero-order chi connectivity index (χ0) is 19.6. The van der Waals surface area contributed by atoms with Gasteiger partial charge < -0.3 is 16.0 Å². The number of pyridine rings is 1. The first-order valence-electron chi connectivity index (χ1n) is 8.75. The first kappa shape index (κ1) is 18.8. The summed E-state index contributed by atoms with van der Waals surface area (Å²) in [4.78, 5) is 17.1. The van der Waals surface area contributed by atoms with E-state index in [9.17, 15) is 4.79 Å². The summed E-state index contributed by atoms with van der Waals surface area (Å²) in [5.74, 6) is 0.841. The summed E-state index contributed by atoms with van der Waals surface area (Å²) in [6.45, 7) is 6.86. The lowest BCUT2D eigenvalue weighted by Gasteiger charge is -2.10. The van der Waals surface area contributed by atoms with Gasteiger partial charge in [-0.15, -0.1) is 0 Å². The Labute approximate surface area is 162 Å². The van der Waals surface area contributed by atoms with Crippen LogP contribution in [0.3, 0.4) is 0 Å². The fourth-order valence-corrected chi connectivity index (χ4v) is 3.08. The van der Waals surface area contributed by atoms with E-state index >= 15 is 0 Å². The number of benzene rings is 1. The maximum atomic E-state index is 12.8. The van der Waals surface area contributed by atoms with Crippen LogP contribution < -0.4 is 16.2 Å². The molecule has 4 N–H and O–H groups in total. The van der Waals surface area contributed by atoms with E-state index in [1.165, 1.54) is 16.4 Å². The zero-order valence-corrected chi connectivity index (χ0v) is 16.3. The quantitative estimate of drug-likeness (QED) is 0.401. The fourth-order valence-electron chi connectivity index (χ4n) is 2.83. The lowest BCUT2D eigenvalue weighted by molar-refractivity contribution is 0.846. The molecule has 0 bridgehead atoms. The van der Waals surface area contributed by atoms with Crippen LogP contribution in [0.5, 0.6) is 0 Å². The van der Waals surface area contributed by atoms with E-state index in [0.29, 0.717) is 39.9 Å². The normalized spacial score (nSPS) is 11.0. The number of aromatic nitrogens is 3. The summed E-state index contributed by atoms with van der Waals surface area (Å²) in [6.07, 6.45) is 2.66. The molecule has 0 fully saturated rings. The Bertz CT molecular complexity index is 1050. The lowest BCUT2D eigenvalue weighted by Crippen LogP contribution is -2.28. The maximum absolute atomic E-state index is 12.8. The highest BCUT2D eigenvalue weighted by atomic mass is 32.1. The van der Waals surface area contributed by atoms with Gasteiger partial charge in [0.15, 0.2) is 5.11 Å². The number of hydrogen-bond acceptors (Lipinski definition) is 4. The third kappa shape index (κ3) is 3.61. The molecule has 7 nitrogen and oxygen atoms in total. The molecule has 140 valence electrons. The van der Waals surface area contributed by atoms with E-state index in [0.717, 1.165) is 11.9 Å². The fraction of sp³-hybridized carbons (Fsp3) is 0.263. The van der Waals surface area contributed by atoms with Gasteiger partial charge in [0.05, 0.1) is 22.2 Å². The summed E-state index contributed by atoms with van der Waals surface area (Å²) < 4.78 is 1.47. The third-order valence-electron chi connectivity index (χ3n) is 4.31. The topological polar surface area (TPSA) is 98.6 Å². The molecule has 0 radical (unpaired) electrons. The highest BCUT2D eigenvalue weighted by Crippen LogP contribution is 2.21. The molecule has 0 unspecified atom stereocenters. The van der Waals surface area contributed by atoms with Gasteiger partial charge in [-0.05, 0) is 42.8 Å². The SMILES string of the molecule is CCNC(=S)Nc1ncc2c(=O)n(-c3ccc(C(C)C)cc3)[nH]c2c1C=N. The van der Waals surface area contributed by atoms with Gasteiger partial charge in [0.1, 0.15) is 5.82 Å². The Balaban J connectivity index is 2.09. The molecule has 0 aliphatic rings. The van der Waals surface area contributed by atoms with E-state index < -0.39 is 0 Å². The van der Waals surface area contributed by atoms with E-state index in [1.807, 2.05) is 31.2 Å². The van der Waals surface area contributed by atoms with Crippen molar-refractivity contribution in [3.8, 4) is 5.69 Å². The van der Waals surface area contributed by atoms with Crippen molar-refractivity contribution in [3.63, 3.8) is 0 Å². The minimum Gasteiger partial charge on any atom is -0.363 e. The van der Waals surface area contributed by atoms with E-state index in [-0.39, 0.29) is 5.56 Å². The molecule has 27 heavy (non-hydrogen) atoms.